The lowest BCUT2D eigenvalue weighted by Gasteiger charge is -2.26. The van der Waals surface area contributed by atoms with E-state index in [1.807, 2.05) is 0 Å². The Hall–Kier alpha value is -3.14. The Morgan fingerprint density at radius 1 is 1.37 bits per heavy atom. The molecule has 2 aromatic heterocycles. The average molecular weight is 388 g/mol. The van der Waals surface area contributed by atoms with Crippen LogP contribution in [0.5, 0.6) is 0 Å². The van der Waals surface area contributed by atoms with Gasteiger partial charge in [-0.05, 0) is 12.1 Å². The van der Waals surface area contributed by atoms with Crippen LogP contribution in [0.1, 0.15) is 10.6 Å². The summed E-state index contributed by atoms with van der Waals surface area (Å²) in [4.78, 5) is 43.0. The van der Waals surface area contributed by atoms with Crippen molar-refractivity contribution in [2.24, 2.45) is 0 Å². The molecule has 27 heavy (non-hydrogen) atoms. The van der Waals surface area contributed by atoms with E-state index >= 15 is 0 Å². The van der Waals surface area contributed by atoms with Crippen LogP contribution in [0.25, 0.3) is 11.1 Å². The van der Waals surface area contributed by atoms with E-state index in [2.05, 4.69) is 15.0 Å². The molecule has 0 saturated carbocycles. The van der Waals surface area contributed by atoms with Crippen LogP contribution in [-0.2, 0) is 29.0 Å². The molecule has 0 saturated heterocycles. The number of hydrogen-bond donors (Lipinski definition) is 1. The molecule has 0 fully saturated rings. The topological polar surface area (TPSA) is 107 Å². The van der Waals surface area contributed by atoms with Gasteiger partial charge in [-0.25, -0.2) is 14.6 Å². The first-order valence-electron chi connectivity index (χ1n) is 8.25. The quantitative estimate of drug-likeness (QED) is 0.733. The lowest BCUT2D eigenvalue weighted by Crippen LogP contribution is -2.38. The number of ether oxygens (including phenoxy) is 1. The summed E-state index contributed by atoms with van der Waals surface area (Å²) in [7, 11) is 1.28. The molecule has 9 nitrogen and oxygen atoms in total. The fourth-order valence-electron chi connectivity index (χ4n) is 3.00. The van der Waals surface area contributed by atoms with Crippen LogP contribution < -0.4 is 11.1 Å². The van der Waals surface area contributed by atoms with Crippen LogP contribution in [0, 0.1) is 0 Å². The first kappa shape index (κ1) is 17.3. The normalized spacial score (nSPS) is 13.4. The van der Waals surface area contributed by atoms with E-state index in [0.717, 1.165) is 10.6 Å². The lowest BCUT2D eigenvalue weighted by atomic mass is 10.2. The van der Waals surface area contributed by atoms with Crippen molar-refractivity contribution in [3.8, 4) is 0 Å². The molecule has 1 aliphatic heterocycles. The van der Waals surface area contributed by atoms with Crippen molar-refractivity contribution < 1.29 is 18.7 Å². The van der Waals surface area contributed by atoms with Gasteiger partial charge in [-0.3, -0.25) is 14.7 Å². The molecule has 0 radical (unpaired) electrons. The monoisotopic (exact) mass is 388 g/mol. The standard InChI is InChI=1S/C17H16N4O5S/c1-25-16(23)19-15-18-10-6-7-20(8-13(10)27-15)14(22)9-21-11-4-2-3-5-12(11)26-17(21)24/h2-5H,6-9H2,1H3,(H,18,19,23). The molecule has 1 aromatic carbocycles. The molecule has 1 aliphatic rings. The van der Waals surface area contributed by atoms with Gasteiger partial charge in [0.1, 0.15) is 6.54 Å². The Balaban J connectivity index is 1.50. The number of carbonyl (C=O) groups is 2. The SMILES string of the molecule is COC(=O)Nc1nc2c(s1)CN(C(=O)Cn1c(=O)oc3ccccc31)CC2. The lowest BCUT2D eigenvalue weighted by molar-refractivity contribution is -0.132. The minimum absolute atomic E-state index is 0.0861. The maximum atomic E-state index is 12.7. The van der Waals surface area contributed by atoms with E-state index in [0.29, 0.717) is 35.7 Å². The molecule has 0 bridgehead atoms. The van der Waals surface area contributed by atoms with E-state index in [9.17, 15) is 14.4 Å². The number of oxazole rings is 1. The molecule has 2 amide bonds. The number of nitrogens with zero attached hydrogens (tertiary/aromatic N) is 3. The second kappa shape index (κ2) is 6.88. The van der Waals surface area contributed by atoms with Crippen molar-refractivity contribution in [3.05, 3.63) is 45.4 Å². The van der Waals surface area contributed by atoms with Crippen molar-refractivity contribution in [3.63, 3.8) is 0 Å². The van der Waals surface area contributed by atoms with Gasteiger partial charge in [0.2, 0.25) is 5.91 Å². The average Bonchev–Trinajstić information content (AvgIpc) is 3.21. The number of hydrogen-bond acceptors (Lipinski definition) is 7. The van der Waals surface area contributed by atoms with Gasteiger partial charge in [-0.15, -0.1) is 0 Å². The Bertz CT molecular complexity index is 1080. The van der Waals surface area contributed by atoms with E-state index in [1.165, 1.54) is 23.0 Å². The highest BCUT2D eigenvalue weighted by atomic mass is 32.1. The molecule has 1 N–H and O–H groups in total. The van der Waals surface area contributed by atoms with Gasteiger partial charge >= 0.3 is 11.8 Å². The first-order valence-corrected chi connectivity index (χ1v) is 9.06. The number of aromatic nitrogens is 2. The fraction of sp³-hybridized carbons (Fsp3) is 0.294. The molecular weight excluding hydrogens is 372 g/mol. The second-order valence-electron chi connectivity index (χ2n) is 5.99. The first-order chi connectivity index (χ1) is 13.0. The Labute approximate surface area is 157 Å². The number of rotatable bonds is 3. The summed E-state index contributed by atoms with van der Waals surface area (Å²) >= 11 is 1.31. The fourth-order valence-corrected chi connectivity index (χ4v) is 4.01. The van der Waals surface area contributed by atoms with E-state index in [4.69, 9.17) is 4.42 Å². The van der Waals surface area contributed by atoms with Gasteiger partial charge in [0.15, 0.2) is 10.7 Å². The number of nitrogens with one attached hydrogen (secondary N) is 1. The molecular formula is C17H16N4O5S. The highest BCUT2D eigenvalue weighted by Gasteiger charge is 2.25. The van der Waals surface area contributed by atoms with Crippen LogP contribution in [-0.4, -0.2) is 40.1 Å². The number of para-hydroxylation sites is 2. The highest BCUT2D eigenvalue weighted by Crippen LogP contribution is 2.28. The van der Waals surface area contributed by atoms with Crippen LogP contribution >= 0.6 is 11.3 Å². The number of amides is 2. The zero-order valence-corrected chi connectivity index (χ0v) is 15.2. The van der Waals surface area contributed by atoms with Gasteiger partial charge in [0.25, 0.3) is 0 Å². The maximum absolute atomic E-state index is 12.7. The van der Waals surface area contributed by atoms with Crippen LogP contribution in [0.3, 0.4) is 0 Å². The third-order valence-corrected chi connectivity index (χ3v) is 5.34. The molecule has 0 spiro atoms. The van der Waals surface area contributed by atoms with Gasteiger partial charge in [0.05, 0.1) is 24.9 Å². The zero-order chi connectivity index (χ0) is 19.0. The molecule has 140 valence electrons. The summed E-state index contributed by atoms with van der Waals surface area (Å²) in [6, 6.07) is 7.00. The third-order valence-electron chi connectivity index (χ3n) is 4.35. The number of benzene rings is 1. The zero-order valence-electron chi connectivity index (χ0n) is 14.4. The highest BCUT2D eigenvalue weighted by molar-refractivity contribution is 7.15. The van der Waals surface area contributed by atoms with Gasteiger partial charge in [-0.1, -0.05) is 23.5 Å². The third kappa shape index (κ3) is 3.31. The minimum Gasteiger partial charge on any atom is -0.453 e. The van der Waals surface area contributed by atoms with Gasteiger partial charge < -0.3 is 14.1 Å². The number of fused-ring (bicyclic) bond motifs is 2. The summed E-state index contributed by atoms with van der Waals surface area (Å²) in [5.41, 5.74) is 1.91. The molecule has 0 aliphatic carbocycles. The number of anilines is 1. The summed E-state index contributed by atoms with van der Waals surface area (Å²) in [5.74, 6) is -0.727. The second-order valence-corrected chi connectivity index (χ2v) is 7.08. The predicted molar refractivity (Wildman–Crippen MR) is 97.7 cm³/mol. The van der Waals surface area contributed by atoms with E-state index in [1.54, 1.807) is 29.2 Å². The predicted octanol–water partition coefficient (Wildman–Crippen LogP) is 1.81. The maximum Gasteiger partial charge on any atom is 0.420 e. The molecule has 3 aromatic rings. The van der Waals surface area contributed by atoms with Crippen molar-refractivity contribution in [2.75, 3.05) is 19.0 Å². The summed E-state index contributed by atoms with van der Waals surface area (Å²) in [6.07, 6.45) is 0.00167. The summed E-state index contributed by atoms with van der Waals surface area (Å²) < 4.78 is 11.1. The molecule has 10 heteroatoms. The smallest absolute Gasteiger partial charge is 0.420 e. The molecule has 0 atom stereocenters. The minimum atomic E-state index is -0.583. The summed E-state index contributed by atoms with van der Waals surface area (Å²) in [6.45, 7) is 0.800. The van der Waals surface area contributed by atoms with Gasteiger partial charge in [-0.2, -0.15) is 0 Å². The number of thiazole rings is 1. The Morgan fingerprint density at radius 3 is 3.00 bits per heavy atom. The molecule has 4 rings (SSSR count). The van der Waals surface area contributed by atoms with Crippen molar-refractivity contribution >= 4 is 39.6 Å². The number of carbonyl (C=O) groups excluding carboxylic acids is 2. The van der Waals surface area contributed by atoms with Crippen molar-refractivity contribution in [2.45, 2.75) is 19.5 Å². The molecule has 3 heterocycles. The van der Waals surface area contributed by atoms with E-state index < -0.39 is 11.8 Å². The van der Waals surface area contributed by atoms with Crippen LogP contribution in [0.2, 0.25) is 0 Å². The summed E-state index contributed by atoms with van der Waals surface area (Å²) in [5, 5.41) is 2.98. The van der Waals surface area contributed by atoms with E-state index in [-0.39, 0.29) is 12.5 Å². The Morgan fingerprint density at radius 2 is 2.19 bits per heavy atom. The van der Waals surface area contributed by atoms with Gasteiger partial charge in [0, 0.05) is 17.8 Å². The van der Waals surface area contributed by atoms with Crippen molar-refractivity contribution in [1.29, 1.82) is 0 Å². The van der Waals surface area contributed by atoms with Crippen LogP contribution in [0.15, 0.2) is 33.5 Å². The number of methoxy groups -OCH3 is 1. The molecule has 0 unspecified atom stereocenters. The van der Waals surface area contributed by atoms with Crippen LogP contribution in [0.4, 0.5) is 9.93 Å². The Kier molecular flexibility index (Phi) is 4.40. The van der Waals surface area contributed by atoms with Crippen molar-refractivity contribution in [1.82, 2.24) is 14.5 Å². The largest absolute Gasteiger partial charge is 0.453 e.